The van der Waals surface area contributed by atoms with Gasteiger partial charge < -0.3 is 14.5 Å². The van der Waals surface area contributed by atoms with Crippen molar-refractivity contribution in [3.05, 3.63) is 0 Å². The summed E-state index contributed by atoms with van der Waals surface area (Å²) in [4.78, 5) is 5.13. The molecule has 19 heavy (non-hydrogen) atoms. The third kappa shape index (κ3) is 4.73. The van der Waals surface area contributed by atoms with Crippen LogP contribution in [-0.4, -0.2) is 61.3 Å². The van der Waals surface area contributed by atoms with E-state index in [1.165, 1.54) is 58.4 Å². The van der Waals surface area contributed by atoms with Gasteiger partial charge in [-0.3, -0.25) is 0 Å². The quantitative estimate of drug-likeness (QED) is 0.706. The zero-order valence-corrected chi connectivity index (χ0v) is 13.1. The highest BCUT2D eigenvalue weighted by Crippen LogP contribution is 2.20. The van der Waals surface area contributed by atoms with Gasteiger partial charge in [0.25, 0.3) is 0 Å². The Morgan fingerprint density at radius 1 is 1.16 bits per heavy atom. The van der Waals surface area contributed by atoms with Crippen LogP contribution in [-0.2, 0) is 4.74 Å². The van der Waals surface area contributed by atoms with Crippen LogP contribution in [0.15, 0.2) is 0 Å². The smallest absolute Gasteiger partial charge is 0.0599 e. The molecule has 0 radical (unpaired) electrons. The first kappa shape index (κ1) is 15.3. The maximum Gasteiger partial charge on any atom is 0.0599 e. The summed E-state index contributed by atoms with van der Waals surface area (Å²) in [6, 6.07) is 0.694. The minimum absolute atomic E-state index is 0.527. The Morgan fingerprint density at radius 3 is 2.42 bits per heavy atom. The van der Waals surface area contributed by atoms with E-state index in [1.54, 1.807) is 0 Å². The lowest BCUT2D eigenvalue weighted by molar-refractivity contribution is -0.0457. The predicted molar refractivity (Wildman–Crippen MR) is 80.5 cm³/mol. The molecule has 0 saturated carbocycles. The first-order valence-corrected chi connectivity index (χ1v) is 8.27. The second-order valence-electron chi connectivity index (χ2n) is 6.64. The van der Waals surface area contributed by atoms with Crippen molar-refractivity contribution in [3.63, 3.8) is 0 Å². The number of likely N-dealkylation sites (tertiary alicyclic amines) is 2. The SMILES string of the molecule is CCCCN1CC(COC2CCN(C(C)C)CC2)C1. The van der Waals surface area contributed by atoms with Crippen molar-refractivity contribution in [1.82, 2.24) is 9.80 Å². The molecule has 0 atom stereocenters. The van der Waals surface area contributed by atoms with Gasteiger partial charge in [0, 0.05) is 38.1 Å². The van der Waals surface area contributed by atoms with Crippen LogP contribution in [0.3, 0.4) is 0 Å². The van der Waals surface area contributed by atoms with Crippen LogP contribution in [0.4, 0.5) is 0 Å². The second-order valence-corrected chi connectivity index (χ2v) is 6.64. The van der Waals surface area contributed by atoms with E-state index in [9.17, 15) is 0 Å². The number of nitrogens with zero attached hydrogens (tertiary/aromatic N) is 2. The number of ether oxygens (including phenoxy) is 1. The molecular weight excluding hydrogens is 236 g/mol. The third-order valence-corrected chi connectivity index (χ3v) is 4.64. The van der Waals surface area contributed by atoms with Gasteiger partial charge in [-0.15, -0.1) is 0 Å². The fraction of sp³-hybridized carbons (Fsp3) is 1.00. The molecule has 3 heteroatoms. The third-order valence-electron chi connectivity index (χ3n) is 4.64. The van der Waals surface area contributed by atoms with Crippen molar-refractivity contribution in [2.75, 3.05) is 39.3 Å². The highest BCUT2D eigenvalue weighted by atomic mass is 16.5. The Hall–Kier alpha value is -0.120. The molecular formula is C16H32N2O. The first-order valence-electron chi connectivity index (χ1n) is 8.27. The van der Waals surface area contributed by atoms with Gasteiger partial charge in [0.1, 0.15) is 0 Å². The van der Waals surface area contributed by atoms with E-state index in [-0.39, 0.29) is 0 Å². The van der Waals surface area contributed by atoms with Crippen molar-refractivity contribution in [2.24, 2.45) is 5.92 Å². The molecule has 2 aliphatic rings. The highest BCUT2D eigenvalue weighted by Gasteiger charge is 2.28. The van der Waals surface area contributed by atoms with Gasteiger partial charge >= 0.3 is 0 Å². The fourth-order valence-electron chi connectivity index (χ4n) is 3.18. The summed E-state index contributed by atoms with van der Waals surface area (Å²) in [6.07, 6.45) is 5.64. The Balaban J connectivity index is 1.51. The number of hydrogen-bond acceptors (Lipinski definition) is 3. The van der Waals surface area contributed by atoms with Gasteiger partial charge in [0.2, 0.25) is 0 Å². The zero-order valence-electron chi connectivity index (χ0n) is 13.1. The molecule has 2 fully saturated rings. The molecule has 0 aliphatic carbocycles. The van der Waals surface area contributed by atoms with Gasteiger partial charge in [-0.25, -0.2) is 0 Å². The summed E-state index contributed by atoms with van der Waals surface area (Å²) in [5.74, 6) is 0.806. The van der Waals surface area contributed by atoms with Gasteiger partial charge in [-0.2, -0.15) is 0 Å². The molecule has 0 aromatic carbocycles. The zero-order chi connectivity index (χ0) is 13.7. The van der Waals surface area contributed by atoms with E-state index in [1.807, 2.05) is 0 Å². The lowest BCUT2D eigenvalue weighted by Gasteiger charge is -2.40. The Morgan fingerprint density at radius 2 is 1.84 bits per heavy atom. The summed E-state index contributed by atoms with van der Waals surface area (Å²) >= 11 is 0. The Labute approximate surface area is 119 Å². The average molecular weight is 268 g/mol. The Kier molecular flexibility index (Phi) is 6.11. The highest BCUT2D eigenvalue weighted by molar-refractivity contribution is 4.81. The number of rotatable bonds is 7. The summed E-state index contributed by atoms with van der Waals surface area (Å²) in [5, 5.41) is 0. The average Bonchev–Trinajstić information content (AvgIpc) is 2.37. The maximum atomic E-state index is 6.11. The Bertz CT molecular complexity index is 243. The van der Waals surface area contributed by atoms with Crippen molar-refractivity contribution in [1.29, 1.82) is 0 Å². The van der Waals surface area contributed by atoms with Crippen molar-refractivity contribution in [2.45, 2.75) is 58.6 Å². The molecule has 112 valence electrons. The first-order chi connectivity index (χ1) is 9.19. The van der Waals surface area contributed by atoms with Crippen molar-refractivity contribution < 1.29 is 4.74 Å². The molecule has 2 rings (SSSR count). The van der Waals surface area contributed by atoms with Gasteiger partial charge in [-0.05, 0) is 39.7 Å². The van der Waals surface area contributed by atoms with E-state index in [0.29, 0.717) is 12.1 Å². The van der Waals surface area contributed by atoms with Gasteiger partial charge in [-0.1, -0.05) is 13.3 Å². The lowest BCUT2D eigenvalue weighted by atomic mass is 10.0. The van der Waals surface area contributed by atoms with Crippen LogP contribution in [0.2, 0.25) is 0 Å². The molecule has 2 saturated heterocycles. The number of piperidine rings is 1. The molecule has 0 unspecified atom stereocenters. The number of unbranched alkanes of at least 4 members (excludes halogenated alkanes) is 1. The molecule has 0 aromatic heterocycles. The van der Waals surface area contributed by atoms with Crippen molar-refractivity contribution >= 4 is 0 Å². The van der Waals surface area contributed by atoms with Crippen LogP contribution in [0.25, 0.3) is 0 Å². The minimum atomic E-state index is 0.527. The molecule has 0 amide bonds. The van der Waals surface area contributed by atoms with Crippen LogP contribution < -0.4 is 0 Å². The second kappa shape index (κ2) is 7.61. The summed E-state index contributed by atoms with van der Waals surface area (Å²) in [7, 11) is 0. The molecule has 2 heterocycles. The van der Waals surface area contributed by atoms with E-state index in [2.05, 4.69) is 30.6 Å². The molecule has 0 spiro atoms. The topological polar surface area (TPSA) is 15.7 Å². The van der Waals surface area contributed by atoms with Crippen LogP contribution in [0.5, 0.6) is 0 Å². The molecule has 0 N–H and O–H groups in total. The minimum Gasteiger partial charge on any atom is -0.378 e. The van der Waals surface area contributed by atoms with Crippen molar-refractivity contribution in [3.8, 4) is 0 Å². The standard InChI is InChI=1S/C16H32N2O/c1-4-5-8-17-11-15(12-17)13-19-16-6-9-18(10-7-16)14(2)3/h14-16H,4-13H2,1-3H3. The molecule has 2 aliphatic heterocycles. The van der Waals surface area contributed by atoms with Crippen LogP contribution in [0.1, 0.15) is 46.5 Å². The van der Waals surface area contributed by atoms with Crippen LogP contribution >= 0.6 is 0 Å². The largest absolute Gasteiger partial charge is 0.378 e. The summed E-state index contributed by atoms with van der Waals surface area (Å²) in [5.41, 5.74) is 0. The van der Waals surface area contributed by atoms with Gasteiger partial charge in [0.15, 0.2) is 0 Å². The summed E-state index contributed by atoms with van der Waals surface area (Å²) < 4.78 is 6.11. The fourth-order valence-corrected chi connectivity index (χ4v) is 3.18. The van der Waals surface area contributed by atoms with E-state index in [0.717, 1.165) is 12.5 Å². The predicted octanol–water partition coefficient (Wildman–Crippen LogP) is 2.61. The van der Waals surface area contributed by atoms with Gasteiger partial charge in [0.05, 0.1) is 12.7 Å². The number of hydrogen-bond donors (Lipinski definition) is 0. The molecule has 3 nitrogen and oxygen atoms in total. The molecule has 0 aromatic rings. The van der Waals surface area contributed by atoms with E-state index in [4.69, 9.17) is 4.74 Å². The normalized spacial score (nSPS) is 24.0. The van der Waals surface area contributed by atoms with E-state index >= 15 is 0 Å². The molecule has 0 bridgehead atoms. The maximum absolute atomic E-state index is 6.11. The van der Waals surface area contributed by atoms with Crippen LogP contribution in [0, 0.1) is 5.92 Å². The van der Waals surface area contributed by atoms with E-state index < -0.39 is 0 Å². The monoisotopic (exact) mass is 268 g/mol. The lowest BCUT2D eigenvalue weighted by Crippen LogP contribution is -2.49. The summed E-state index contributed by atoms with van der Waals surface area (Å²) in [6.45, 7) is 14.1.